The average Bonchev–Trinajstić information content (AvgIpc) is 3.48. The number of H-pyrrole nitrogens is 1. The Morgan fingerprint density at radius 3 is 2.47 bits per heavy atom. The van der Waals surface area contributed by atoms with Crippen molar-refractivity contribution in [3.8, 4) is 17.2 Å². The van der Waals surface area contributed by atoms with Gasteiger partial charge in [-0.3, -0.25) is 14.6 Å². The maximum atomic E-state index is 12.2. The zero-order chi connectivity index (χ0) is 22.8. The molecule has 2 aromatic heterocycles. The summed E-state index contributed by atoms with van der Waals surface area (Å²) in [5, 5.41) is 15.3. The fourth-order valence-corrected chi connectivity index (χ4v) is 4.09. The van der Waals surface area contributed by atoms with Gasteiger partial charge in [-0.1, -0.05) is 23.2 Å². The van der Waals surface area contributed by atoms with Crippen molar-refractivity contribution in [3.05, 3.63) is 66.5 Å². The minimum atomic E-state index is -1.61. The highest BCUT2D eigenvalue weighted by Crippen LogP contribution is 2.55. The third-order valence-corrected chi connectivity index (χ3v) is 5.83. The van der Waals surface area contributed by atoms with E-state index in [0.29, 0.717) is 16.2 Å². The second kappa shape index (κ2) is 6.90. The highest BCUT2D eigenvalue weighted by atomic mass is 35.5. The lowest BCUT2D eigenvalue weighted by Crippen LogP contribution is -2.35. The second-order valence-corrected chi connectivity index (χ2v) is 8.08. The molecule has 0 radical (unpaired) electrons. The molecule has 162 valence electrons. The molecular weight excluding hydrogens is 465 g/mol. The normalized spacial score (nSPS) is 15.4. The first kappa shape index (κ1) is 20.2. The minimum absolute atomic E-state index is 0.00917. The summed E-state index contributed by atoms with van der Waals surface area (Å²) in [7, 11) is 0. The van der Waals surface area contributed by atoms with Gasteiger partial charge in [-0.05, 0) is 31.0 Å². The number of hydrogen-bond donors (Lipinski definition) is 3. The van der Waals surface area contributed by atoms with Gasteiger partial charge in [-0.25, -0.2) is 14.6 Å². The third-order valence-electron chi connectivity index (χ3n) is 5.27. The van der Waals surface area contributed by atoms with Crippen molar-refractivity contribution in [1.82, 2.24) is 19.7 Å². The molecule has 1 fully saturated rings. The predicted molar refractivity (Wildman–Crippen MR) is 111 cm³/mol. The fourth-order valence-electron chi connectivity index (χ4n) is 3.54. The molecule has 0 atom stereocenters. The lowest BCUT2D eigenvalue weighted by atomic mass is 10.00. The van der Waals surface area contributed by atoms with Gasteiger partial charge in [0.2, 0.25) is 11.6 Å². The van der Waals surface area contributed by atoms with Crippen molar-refractivity contribution in [3.63, 3.8) is 0 Å². The van der Waals surface area contributed by atoms with Gasteiger partial charge in [0, 0.05) is 5.56 Å². The van der Waals surface area contributed by atoms with Crippen molar-refractivity contribution in [1.29, 1.82) is 0 Å². The van der Waals surface area contributed by atoms with Crippen LogP contribution < -0.4 is 21.3 Å². The van der Waals surface area contributed by atoms with Crippen molar-refractivity contribution in [2.75, 3.05) is 5.32 Å². The number of nitrogens with one attached hydrogen (secondary N) is 2. The van der Waals surface area contributed by atoms with Crippen LogP contribution in [0.2, 0.25) is 10.0 Å². The van der Waals surface area contributed by atoms with Crippen molar-refractivity contribution < 1.29 is 19.4 Å². The van der Waals surface area contributed by atoms with Gasteiger partial charge in [0.15, 0.2) is 5.75 Å². The van der Waals surface area contributed by atoms with Crippen LogP contribution in [0.1, 0.15) is 28.9 Å². The molecular formula is C19H11Cl2N5O6. The van der Waals surface area contributed by atoms with Gasteiger partial charge < -0.3 is 15.2 Å². The average molecular weight is 476 g/mol. The molecule has 2 aliphatic rings. The Morgan fingerprint density at radius 2 is 1.84 bits per heavy atom. The molecule has 3 aromatic rings. The number of fused-ring (bicyclic) bond motifs is 2. The molecule has 5 rings (SSSR count). The lowest BCUT2D eigenvalue weighted by Gasteiger charge is -2.13. The molecule has 3 heterocycles. The number of anilines is 1. The molecule has 0 bridgehead atoms. The van der Waals surface area contributed by atoms with E-state index in [1.54, 1.807) is 6.07 Å². The molecule has 1 spiro atoms. The van der Waals surface area contributed by atoms with E-state index in [-0.39, 0.29) is 27.4 Å². The standard InChI is InChI=1S/C19H11Cl2N5O6/c20-10-3-7(26-18(31)24-15(27)12(25-26)16(28)29)4-11(21)13(10)32-8-5-9-14(22-6-8)23-17(30)19(9)1-2-19/h3-6H,1-2H2,(H,28,29)(H,22,23,30)(H,24,27,31). The summed E-state index contributed by atoms with van der Waals surface area (Å²) in [5.74, 6) is -0.850. The van der Waals surface area contributed by atoms with Gasteiger partial charge in [0.05, 0.1) is 27.3 Å². The second-order valence-electron chi connectivity index (χ2n) is 7.27. The fraction of sp³-hybridized carbons (Fsp3) is 0.158. The number of aromatic carboxylic acids is 1. The van der Waals surface area contributed by atoms with E-state index < -0.39 is 28.3 Å². The Labute approximate surface area is 187 Å². The first-order valence-electron chi connectivity index (χ1n) is 9.16. The Morgan fingerprint density at radius 1 is 1.16 bits per heavy atom. The number of aromatic amines is 1. The third kappa shape index (κ3) is 3.05. The number of hydrogen-bond acceptors (Lipinski definition) is 7. The number of ether oxygens (including phenoxy) is 1. The topological polar surface area (TPSA) is 156 Å². The zero-order valence-corrected chi connectivity index (χ0v) is 17.3. The van der Waals surface area contributed by atoms with Crippen LogP contribution in [0.3, 0.4) is 0 Å². The van der Waals surface area contributed by atoms with Crippen LogP contribution in [0.25, 0.3) is 5.69 Å². The number of benzene rings is 1. The van der Waals surface area contributed by atoms with Gasteiger partial charge >= 0.3 is 11.7 Å². The zero-order valence-electron chi connectivity index (χ0n) is 15.8. The molecule has 32 heavy (non-hydrogen) atoms. The van der Waals surface area contributed by atoms with Crippen molar-refractivity contribution in [2.24, 2.45) is 0 Å². The lowest BCUT2D eigenvalue weighted by molar-refractivity contribution is -0.117. The molecule has 0 unspecified atom stereocenters. The summed E-state index contributed by atoms with van der Waals surface area (Å²) in [6, 6.07) is 4.24. The van der Waals surface area contributed by atoms with Crippen LogP contribution in [0, 0.1) is 0 Å². The molecule has 1 aromatic carbocycles. The number of amides is 1. The highest BCUT2D eigenvalue weighted by Gasteiger charge is 2.57. The number of nitrogens with zero attached hydrogens (tertiary/aromatic N) is 3. The number of carbonyl (C=O) groups is 2. The number of pyridine rings is 1. The number of halogens is 2. The van der Waals surface area contributed by atoms with Gasteiger partial charge in [0.1, 0.15) is 11.6 Å². The van der Waals surface area contributed by atoms with E-state index in [9.17, 15) is 19.2 Å². The Bertz CT molecular complexity index is 1440. The van der Waals surface area contributed by atoms with Gasteiger partial charge in [0.25, 0.3) is 5.56 Å². The van der Waals surface area contributed by atoms with Crippen molar-refractivity contribution in [2.45, 2.75) is 18.3 Å². The SMILES string of the molecule is O=C(O)c1nn(-c2cc(Cl)c(Oc3cnc4c(c3)C3(CC3)C(=O)N4)c(Cl)c2)c(=O)[nH]c1=O. The van der Waals surface area contributed by atoms with E-state index in [0.717, 1.165) is 18.4 Å². The molecule has 1 saturated carbocycles. The number of aromatic nitrogens is 4. The Kier molecular flexibility index (Phi) is 4.36. The minimum Gasteiger partial charge on any atom is -0.476 e. The Hall–Kier alpha value is -3.70. The van der Waals surface area contributed by atoms with Crippen LogP contribution in [-0.4, -0.2) is 36.7 Å². The molecule has 0 saturated heterocycles. The van der Waals surface area contributed by atoms with Crippen LogP contribution in [-0.2, 0) is 10.2 Å². The van der Waals surface area contributed by atoms with E-state index in [2.05, 4.69) is 15.4 Å². The van der Waals surface area contributed by atoms with E-state index in [1.807, 2.05) is 4.98 Å². The number of rotatable bonds is 4. The first-order chi connectivity index (χ1) is 15.2. The summed E-state index contributed by atoms with van der Waals surface area (Å²) in [4.78, 5) is 53.1. The summed E-state index contributed by atoms with van der Waals surface area (Å²) >= 11 is 12.6. The largest absolute Gasteiger partial charge is 0.476 e. The van der Waals surface area contributed by atoms with Crippen LogP contribution in [0.4, 0.5) is 5.82 Å². The number of carboxylic acid groups (broad SMARTS) is 1. The van der Waals surface area contributed by atoms with Crippen LogP contribution in [0.15, 0.2) is 34.0 Å². The van der Waals surface area contributed by atoms with Crippen LogP contribution in [0.5, 0.6) is 11.5 Å². The predicted octanol–water partition coefficient (Wildman–Crippen LogP) is 2.10. The van der Waals surface area contributed by atoms with E-state index in [1.165, 1.54) is 18.3 Å². The maximum absolute atomic E-state index is 12.2. The molecule has 13 heteroatoms. The van der Waals surface area contributed by atoms with Gasteiger partial charge in [-0.15, -0.1) is 0 Å². The molecule has 3 N–H and O–H groups in total. The summed E-state index contributed by atoms with van der Waals surface area (Å²) in [5.41, 5.74) is -2.79. The highest BCUT2D eigenvalue weighted by molar-refractivity contribution is 6.37. The van der Waals surface area contributed by atoms with Crippen LogP contribution >= 0.6 is 23.2 Å². The smallest absolute Gasteiger partial charge is 0.362 e. The van der Waals surface area contributed by atoms with Gasteiger partial charge in [-0.2, -0.15) is 9.78 Å². The summed E-state index contributed by atoms with van der Waals surface area (Å²) in [6.45, 7) is 0. The molecule has 1 amide bonds. The molecule has 1 aliphatic carbocycles. The first-order valence-corrected chi connectivity index (χ1v) is 9.91. The summed E-state index contributed by atoms with van der Waals surface area (Å²) in [6.07, 6.45) is 2.87. The van der Waals surface area contributed by atoms with Crippen molar-refractivity contribution >= 4 is 40.9 Å². The van der Waals surface area contributed by atoms with E-state index in [4.69, 9.17) is 33.0 Å². The maximum Gasteiger partial charge on any atom is 0.362 e. The quantitative estimate of drug-likeness (QED) is 0.517. The molecule has 11 nitrogen and oxygen atoms in total. The Balaban J connectivity index is 1.52. The monoisotopic (exact) mass is 475 g/mol. The van der Waals surface area contributed by atoms with E-state index >= 15 is 0 Å². The summed E-state index contributed by atoms with van der Waals surface area (Å²) < 4.78 is 6.45. The molecule has 1 aliphatic heterocycles. The number of carbonyl (C=O) groups excluding carboxylic acids is 1. The number of carboxylic acids is 1.